The smallest absolute Gasteiger partial charge is 0.00104 e. The monoisotopic (exact) mass is 158 g/mol. The van der Waals surface area contributed by atoms with Crippen molar-refractivity contribution in [3.8, 4) is 0 Å². The lowest BCUT2D eigenvalue weighted by Gasteiger charge is -2.14. The third kappa shape index (κ3) is 7.82. The van der Waals surface area contributed by atoms with Crippen LogP contribution in [0.3, 0.4) is 0 Å². The zero-order chi connectivity index (χ0) is 8.69. The van der Waals surface area contributed by atoms with Crippen LogP contribution < -0.4 is 10.6 Å². The highest BCUT2D eigenvalue weighted by Crippen LogP contribution is 1.98. The second kappa shape index (κ2) is 6.62. The Morgan fingerprint density at radius 2 is 1.82 bits per heavy atom. The van der Waals surface area contributed by atoms with Crippen LogP contribution in [-0.2, 0) is 0 Å². The average Bonchev–Trinajstić information content (AvgIpc) is 1.97. The highest BCUT2D eigenvalue weighted by atomic mass is 14.9. The highest BCUT2D eigenvalue weighted by molar-refractivity contribution is 4.60. The van der Waals surface area contributed by atoms with E-state index in [4.69, 9.17) is 0 Å². The van der Waals surface area contributed by atoms with Crippen molar-refractivity contribution >= 4 is 0 Å². The molecule has 0 aromatic carbocycles. The van der Waals surface area contributed by atoms with Gasteiger partial charge in [0.2, 0.25) is 0 Å². The van der Waals surface area contributed by atoms with Crippen LogP contribution in [0.4, 0.5) is 0 Å². The van der Waals surface area contributed by atoms with Gasteiger partial charge in [0, 0.05) is 6.04 Å². The van der Waals surface area contributed by atoms with Crippen LogP contribution in [0, 0.1) is 5.92 Å². The van der Waals surface area contributed by atoms with Crippen molar-refractivity contribution in [1.29, 1.82) is 0 Å². The second-order valence-corrected chi connectivity index (χ2v) is 3.56. The Labute approximate surface area is 70.8 Å². The van der Waals surface area contributed by atoms with Gasteiger partial charge in [-0.25, -0.2) is 0 Å². The third-order valence-corrected chi connectivity index (χ3v) is 1.76. The first-order valence-corrected chi connectivity index (χ1v) is 4.54. The molecule has 0 saturated heterocycles. The van der Waals surface area contributed by atoms with Crippen LogP contribution in [0.5, 0.6) is 0 Å². The Hall–Kier alpha value is -0.0800. The minimum absolute atomic E-state index is 0.618. The van der Waals surface area contributed by atoms with Crippen LogP contribution in [0.1, 0.15) is 27.2 Å². The fourth-order valence-electron chi connectivity index (χ4n) is 0.930. The van der Waals surface area contributed by atoms with Crippen molar-refractivity contribution in [2.75, 3.05) is 20.1 Å². The molecule has 0 aliphatic carbocycles. The van der Waals surface area contributed by atoms with Crippen molar-refractivity contribution in [3.05, 3.63) is 0 Å². The van der Waals surface area contributed by atoms with E-state index in [1.807, 2.05) is 7.05 Å². The van der Waals surface area contributed by atoms with Crippen molar-refractivity contribution in [1.82, 2.24) is 10.6 Å². The van der Waals surface area contributed by atoms with E-state index in [9.17, 15) is 0 Å². The number of nitrogens with one attached hydrogen (secondary N) is 2. The summed E-state index contributed by atoms with van der Waals surface area (Å²) in [5, 5.41) is 6.58. The molecular formula is C9H22N2. The van der Waals surface area contributed by atoms with Gasteiger partial charge in [0.1, 0.15) is 0 Å². The minimum Gasteiger partial charge on any atom is -0.320 e. The van der Waals surface area contributed by atoms with Gasteiger partial charge in [-0.3, -0.25) is 0 Å². The first-order chi connectivity index (χ1) is 5.16. The minimum atomic E-state index is 0.618. The first-order valence-electron chi connectivity index (χ1n) is 4.54. The van der Waals surface area contributed by atoms with Crippen LogP contribution in [0.2, 0.25) is 0 Å². The topological polar surface area (TPSA) is 24.1 Å². The van der Waals surface area contributed by atoms with Gasteiger partial charge in [0.15, 0.2) is 0 Å². The molecule has 0 radical (unpaired) electrons. The Morgan fingerprint density at radius 3 is 2.27 bits per heavy atom. The lowest BCUT2D eigenvalue weighted by molar-refractivity contribution is 0.448. The van der Waals surface area contributed by atoms with E-state index in [0.717, 1.165) is 19.0 Å². The molecule has 68 valence electrons. The molecule has 0 aliphatic rings. The molecule has 0 heterocycles. The lowest BCUT2D eigenvalue weighted by Crippen LogP contribution is -2.29. The quantitative estimate of drug-likeness (QED) is 0.607. The molecule has 2 N–H and O–H groups in total. The summed E-state index contributed by atoms with van der Waals surface area (Å²) in [5.74, 6) is 0.782. The zero-order valence-corrected chi connectivity index (χ0v) is 8.28. The Balaban J connectivity index is 3.15. The van der Waals surface area contributed by atoms with Gasteiger partial charge in [0.25, 0.3) is 0 Å². The Kier molecular flexibility index (Phi) is 6.57. The van der Waals surface area contributed by atoms with Crippen molar-refractivity contribution in [2.24, 2.45) is 5.92 Å². The molecule has 1 unspecified atom stereocenters. The highest BCUT2D eigenvalue weighted by Gasteiger charge is 2.00. The molecule has 0 bridgehead atoms. The van der Waals surface area contributed by atoms with Gasteiger partial charge in [-0.05, 0) is 32.5 Å². The van der Waals surface area contributed by atoms with E-state index in [-0.39, 0.29) is 0 Å². The summed E-state index contributed by atoms with van der Waals surface area (Å²) in [4.78, 5) is 0. The molecule has 0 saturated carbocycles. The number of hydrogen-bond acceptors (Lipinski definition) is 2. The van der Waals surface area contributed by atoms with E-state index in [0.29, 0.717) is 6.04 Å². The molecule has 1 atom stereocenters. The molecule has 11 heavy (non-hydrogen) atoms. The summed E-state index contributed by atoms with van der Waals surface area (Å²) in [6.07, 6.45) is 1.26. The van der Waals surface area contributed by atoms with Crippen LogP contribution >= 0.6 is 0 Å². The molecule has 0 rings (SSSR count). The van der Waals surface area contributed by atoms with Crippen LogP contribution in [0.25, 0.3) is 0 Å². The summed E-state index contributed by atoms with van der Waals surface area (Å²) in [5.41, 5.74) is 0. The molecule has 2 heteroatoms. The van der Waals surface area contributed by atoms with Crippen LogP contribution in [-0.4, -0.2) is 26.2 Å². The molecule has 0 aliphatic heterocycles. The molecule has 0 aromatic rings. The van der Waals surface area contributed by atoms with Crippen molar-refractivity contribution < 1.29 is 0 Å². The molecule has 2 nitrogen and oxygen atoms in total. The van der Waals surface area contributed by atoms with Gasteiger partial charge in [0.05, 0.1) is 0 Å². The third-order valence-electron chi connectivity index (χ3n) is 1.76. The van der Waals surface area contributed by atoms with Gasteiger partial charge in [-0.1, -0.05) is 20.8 Å². The van der Waals surface area contributed by atoms with Crippen molar-refractivity contribution in [3.63, 3.8) is 0 Å². The summed E-state index contributed by atoms with van der Waals surface area (Å²) in [7, 11) is 2.00. The summed E-state index contributed by atoms with van der Waals surface area (Å²) in [6, 6.07) is 0.618. The predicted molar refractivity (Wildman–Crippen MR) is 50.8 cm³/mol. The Morgan fingerprint density at radius 1 is 1.18 bits per heavy atom. The lowest BCUT2D eigenvalue weighted by atomic mass is 10.1. The van der Waals surface area contributed by atoms with Gasteiger partial charge in [-0.15, -0.1) is 0 Å². The predicted octanol–water partition coefficient (Wildman–Crippen LogP) is 1.23. The molecular weight excluding hydrogens is 136 g/mol. The van der Waals surface area contributed by atoms with Gasteiger partial charge in [-0.2, -0.15) is 0 Å². The maximum atomic E-state index is 3.43. The maximum Gasteiger partial charge on any atom is 0.00104 e. The molecule has 0 aromatic heterocycles. The van der Waals surface area contributed by atoms with Gasteiger partial charge >= 0.3 is 0 Å². The van der Waals surface area contributed by atoms with Crippen LogP contribution in [0.15, 0.2) is 0 Å². The number of rotatable bonds is 6. The maximum absolute atomic E-state index is 3.43. The first kappa shape index (κ1) is 10.9. The SMILES string of the molecule is CNCCC(C)CNC(C)C. The van der Waals surface area contributed by atoms with E-state index >= 15 is 0 Å². The summed E-state index contributed by atoms with van der Waals surface area (Å²) in [6.45, 7) is 8.92. The molecule has 0 spiro atoms. The fourth-order valence-corrected chi connectivity index (χ4v) is 0.930. The largest absolute Gasteiger partial charge is 0.320 e. The summed E-state index contributed by atoms with van der Waals surface area (Å²) >= 11 is 0. The average molecular weight is 158 g/mol. The Bertz CT molecular complexity index is 81.6. The van der Waals surface area contributed by atoms with Gasteiger partial charge < -0.3 is 10.6 Å². The zero-order valence-electron chi connectivity index (χ0n) is 8.28. The molecule has 0 fully saturated rings. The van der Waals surface area contributed by atoms with E-state index in [2.05, 4.69) is 31.4 Å². The normalized spacial score (nSPS) is 13.9. The standard InChI is InChI=1S/C9H22N2/c1-8(2)11-7-9(3)5-6-10-4/h8-11H,5-7H2,1-4H3. The second-order valence-electron chi connectivity index (χ2n) is 3.56. The number of hydrogen-bond donors (Lipinski definition) is 2. The summed E-state index contributed by atoms with van der Waals surface area (Å²) < 4.78 is 0. The van der Waals surface area contributed by atoms with Crippen molar-refractivity contribution in [2.45, 2.75) is 33.2 Å². The van der Waals surface area contributed by atoms with E-state index in [1.54, 1.807) is 0 Å². The molecule has 0 amide bonds. The van der Waals surface area contributed by atoms with E-state index < -0.39 is 0 Å². The van der Waals surface area contributed by atoms with E-state index in [1.165, 1.54) is 6.42 Å². The fraction of sp³-hybridized carbons (Fsp3) is 1.00.